The van der Waals surface area contributed by atoms with Crippen LogP contribution in [0.3, 0.4) is 0 Å². The summed E-state index contributed by atoms with van der Waals surface area (Å²) in [5, 5.41) is 18.4. The monoisotopic (exact) mass is 358 g/mol. The molecule has 0 radical (unpaired) electrons. The highest BCUT2D eigenvalue weighted by molar-refractivity contribution is 5.90. The number of carbonyl (C=O) groups excluding carboxylic acids is 1. The maximum Gasteiger partial charge on any atom is 0.278 e. The lowest BCUT2D eigenvalue weighted by Crippen LogP contribution is -2.62. The molecule has 1 aliphatic heterocycles. The van der Waals surface area contributed by atoms with Crippen LogP contribution in [0.4, 0.5) is 5.69 Å². The average molecular weight is 358 g/mol. The molecule has 0 unspecified atom stereocenters. The molecule has 0 saturated carbocycles. The van der Waals surface area contributed by atoms with Crippen molar-refractivity contribution in [1.29, 1.82) is 0 Å². The van der Waals surface area contributed by atoms with E-state index in [9.17, 15) is 14.9 Å². The van der Waals surface area contributed by atoms with Gasteiger partial charge in [0.05, 0.1) is 15.8 Å². The maximum atomic E-state index is 12.6. The number of rotatable bonds is 4. The summed E-state index contributed by atoms with van der Waals surface area (Å²) in [4.78, 5) is 23.3. The van der Waals surface area contributed by atoms with Crippen molar-refractivity contribution in [2.24, 2.45) is 0 Å². The molecular weight excluding hydrogens is 332 g/mol. The first-order valence-corrected chi connectivity index (χ1v) is 8.87. The Morgan fingerprint density at radius 3 is 2.54 bits per heavy atom. The number of nitro groups is 1. The van der Waals surface area contributed by atoms with Gasteiger partial charge in [0, 0.05) is 29.4 Å². The van der Waals surface area contributed by atoms with Gasteiger partial charge in [-0.2, -0.15) is 0 Å². The lowest BCUT2D eigenvalue weighted by molar-refractivity contribution is -0.383. The molecule has 2 aromatic rings. The summed E-state index contributed by atoms with van der Waals surface area (Å²) in [6.45, 7) is 8.73. The van der Waals surface area contributed by atoms with Gasteiger partial charge in [-0.05, 0) is 52.7 Å². The molecule has 140 valence electrons. The van der Waals surface area contributed by atoms with Gasteiger partial charge in [-0.25, -0.2) is 0 Å². The van der Waals surface area contributed by atoms with E-state index in [1.54, 1.807) is 29.0 Å². The summed E-state index contributed by atoms with van der Waals surface area (Å²) in [5.74, 6) is -0.0764. The number of non-ortho nitro benzene ring substituents is 1. The third-order valence-corrected chi connectivity index (χ3v) is 4.86. The van der Waals surface area contributed by atoms with Crippen LogP contribution >= 0.6 is 0 Å². The predicted octanol–water partition coefficient (Wildman–Crippen LogP) is 2.97. The quantitative estimate of drug-likeness (QED) is 0.649. The number of benzene rings is 1. The number of nitrogens with zero attached hydrogens (tertiary/aromatic N) is 2. The molecule has 0 atom stereocenters. The second kappa shape index (κ2) is 6.39. The van der Waals surface area contributed by atoms with Crippen molar-refractivity contribution in [3.05, 3.63) is 40.6 Å². The summed E-state index contributed by atoms with van der Waals surface area (Å²) in [5.41, 5.74) is 0.671. The van der Waals surface area contributed by atoms with Gasteiger partial charge >= 0.3 is 0 Å². The second-order valence-electron chi connectivity index (χ2n) is 8.48. The number of aromatic nitrogens is 1. The Balaban J connectivity index is 1.74. The molecule has 1 aliphatic rings. The molecule has 3 rings (SSSR count). The largest absolute Gasteiger partial charge is 0.352 e. The fourth-order valence-corrected chi connectivity index (χ4v) is 4.36. The molecule has 0 bridgehead atoms. The molecule has 1 aromatic carbocycles. The second-order valence-corrected chi connectivity index (χ2v) is 8.48. The van der Waals surface area contributed by atoms with Crippen LogP contribution in [-0.2, 0) is 11.3 Å². The van der Waals surface area contributed by atoms with Crippen LogP contribution in [-0.4, -0.2) is 32.5 Å². The van der Waals surface area contributed by atoms with Crippen LogP contribution in [0.1, 0.15) is 40.5 Å². The zero-order chi connectivity index (χ0) is 19.1. The van der Waals surface area contributed by atoms with E-state index in [4.69, 9.17) is 0 Å². The highest BCUT2D eigenvalue weighted by Gasteiger charge is 2.38. The van der Waals surface area contributed by atoms with Crippen LogP contribution < -0.4 is 10.6 Å². The predicted molar refractivity (Wildman–Crippen MR) is 101 cm³/mol. The van der Waals surface area contributed by atoms with Gasteiger partial charge in [0.15, 0.2) is 0 Å². The molecule has 1 saturated heterocycles. The third kappa shape index (κ3) is 3.88. The molecule has 7 nitrogen and oxygen atoms in total. The van der Waals surface area contributed by atoms with E-state index in [0.29, 0.717) is 10.9 Å². The SMILES string of the molecule is CC1(C)CC(NC(=O)Cn2ccc3c([N+](=O)[O-])cccc32)CC(C)(C)N1. The van der Waals surface area contributed by atoms with Gasteiger partial charge in [-0.15, -0.1) is 0 Å². The Kier molecular flexibility index (Phi) is 4.52. The average Bonchev–Trinajstić information content (AvgIpc) is 2.86. The van der Waals surface area contributed by atoms with E-state index in [1.165, 1.54) is 6.07 Å². The minimum Gasteiger partial charge on any atom is -0.352 e. The van der Waals surface area contributed by atoms with Crippen LogP contribution in [0, 0.1) is 10.1 Å². The lowest BCUT2D eigenvalue weighted by atomic mass is 9.79. The summed E-state index contributed by atoms with van der Waals surface area (Å²) >= 11 is 0. The van der Waals surface area contributed by atoms with E-state index in [1.807, 2.05) is 0 Å². The molecule has 1 aromatic heterocycles. The number of nitro benzene ring substituents is 1. The van der Waals surface area contributed by atoms with Crippen molar-refractivity contribution in [3.8, 4) is 0 Å². The topological polar surface area (TPSA) is 89.2 Å². The highest BCUT2D eigenvalue weighted by atomic mass is 16.6. The highest BCUT2D eigenvalue weighted by Crippen LogP contribution is 2.29. The number of hydrogen-bond donors (Lipinski definition) is 2. The summed E-state index contributed by atoms with van der Waals surface area (Å²) in [6, 6.07) is 6.72. The maximum absolute atomic E-state index is 12.6. The molecular formula is C19H26N4O3. The fraction of sp³-hybridized carbons (Fsp3) is 0.526. The minimum absolute atomic E-state index is 0.0412. The standard InChI is InChI=1S/C19H26N4O3/c1-18(2)10-13(11-19(3,4)21-18)20-17(24)12-22-9-8-14-15(22)6-5-7-16(14)23(25)26/h5-9,13,21H,10-12H2,1-4H3,(H,20,24). The van der Waals surface area contributed by atoms with Gasteiger partial charge in [-0.1, -0.05) is 6.07 Å². The van der Waals surface area contributed by atoms with Gasteiger partial charge in [0.25, 0.3) is 5.69 Å². The zero-order valence-corrected chi connectivity index (χ0v) is 15.7. The van der Waals surface area contributed by atoms with E-state index in [-0.39, 0.29) is 35.3 Å². The number of amides is 1. The molecule has 1 fully saturated rings. The Morgan fingerprint density at radius 2 is 1.92 bits per heavy atom. The normalized spacial score (nSPS) is 19.4. The molecule has 7 heteroatoms. The van der Waals surface area contributed by atoms with Gasteiger partial charge in [-0.3, -0.25) is 14.9 Å². The minimum atomic E-state index is -0.397. The fourth-order valence-electron chi connectivity index (χ4n) is 4.36. The third-order valence-electron chi connectivity index (χ3n) is 4.86. The Morgan fingerprint density at radius 1 is 1.27 bits per heavy atom. The number of fused-ring (bicyclic) bond motifs is 1. The summed E-state index contributed by atoms with van der Waals surface area (Å²) < 4.78 is 1.76. The van der Waals surface area contributed by atoms with Crippen molar-refractivity contribution >= 4 is 22.5 Å². The molecule has 1 amide bonds. The summed E-state index contributed by atoms with van der Waals surface area (Å²) in [6.07, 6.45) is 3.45. The van der Waals surface area contributed by atoms with Crippen molar-refractivity contribution in [3.63, 3.8) is 0 Å². The Labute approximate surface area is 152 Å². The van der Waals surface area contributed by atoms with Crippen molar-refractivity contribution in [2.45, 2.75) is 64.2 Å². The number of piperidine rings is 1. The first-order chi connectivity index (χ1) is 12.1. The number of hydrogen-bond acceptors (Lipinski definition) is 4. The van der Waals surface area contributed by atoms with Crippen molar-refractivity contribution in [2.75, 3.05) is 0 Å². The molecule has 0 spiro atoms. The van der Waals surface area contributed by atoms with Crippen LogP contribution in [0.25, 0.3) is 10.9 Å². The zero-order valence-electron chi connectivity index (χ0n) is 15.7. The van der Waals surface area contributed by atoms with E-state index < -0.39 is 4.92 Å². The van der Waals surface area contributed by atoms with Gasteiger partial charge in [0.2, 0.25) is 5.91 Å². The van der Waals surface area contributed by atoms with Crippen molar-refractivity contribution in [1.82, 2.24) is 15.2 Å². The van der Waals surface area contributed by atoms with E-state index >= 15 is 0 Å². The molecule has 26 heavy (non-hydrogen) atoms. The van der Waals surface area contributed by atoms with Crippen LogP contribution in [0.5, 0.6) is 0 Å². The molecule has 2 N–H and O–H groups in total. The van der Waals surface area contributed by atoms with E-state index in [0.717, 1.165) is 12.8 Å². The first kappa shape index (κ1) is 18.4. The number of nitrogens with one attached hydrogen (secondary N) is 2. The smallest absolute Gasteiger partial charge is 0.278 e. The summed E-state index contributed by atoms with van der Waals surface area (Å²) in [7, 11) is 0. The van der Waals surface area contributed by atoms with Crippen LogP contribution in [0.2, 0.25) is 0 Å². The van der Waals surface area contributed by atoms with Gasteiger partial charge < -0.3 is 15.2 Å². The Hall–Kier alpha value is -2.41. The number of carbonyl (C=O) groups is 1. The lowest BCUT2D eigenvalue weighted by Gasteiger charge is -2.46. The Bertz CT molecular complexity index is 838. The molecule has 0 aliphatic carbocycles. The van der Waals surface area contributed by atoms with Crippen molar-refractivity contribution < 1.29 is 9.72 Å². The molecule has 2 heterocycles. The first-order valence-electron chi connectivity index (χ1n) is 8.87. The van der Waals surface area contributed by atoms with Crippen LogP contribution in [0.15, 0.2) is 30.5 Å². The van der Waals surface area contributed by atoms with E-state index in [2.05, 4.69) is 38.3 Å². The van der Waals surface area contributed by atoms with Gasteiger partial charge in [0.1, 0.15) is 6.54 Å².